The van der Waals surface area contributed by atoms with Gasteiger partial charge < -0.3 is 10.4 Å². The van der Waals surface area contributed by atoms with E-state index in [4.69, 9.17) is 5.11 Å². The first-order valence-electron chi connectivity index (χ1n) is 4.39. The van der Waals surface area contributed by atoms with Gasteiger partial charge in [-0.2, -0.15) is 0 Å². The summed E-state index contributed by atoms with van der Waals surface area (Å²) < 4.78 is 0. The van der Waals surface area contributed by atoms with E-state index < -0.39 is 0 Å². The molecule has 1 unspecified atom stereocenters. The van der Waals surface area contributed by atoms with E-state index in [9.17, 15) is 0 Å². The minimum atomic E-state index is -0.254. The molecular weight excluding hydrogens is 198 g/mol. The second-order valence-corrected chi connectivity index (χ2v) is 4.30. The van der Waals surface area contributed by atoms with E-state index in [1.807, 2.05) is 20.0 Å². The van der Waals surface area contributed by atoms with E-state index in [0.717, 1.165) is 10.8 Å². The lowest BCUT2D eigenvalue weighted by molar-refractivity contribution is 0.200. The van der Waals surface area contributed by atoms with Crippen molar-refractivity contribution in [2.45, 2.75) is 17.5 Å². The molecule has 0 saturated carbocycles. The highest BCUT2D eigenvalue weighted by atomic mass is 32.2. The Morgan fingerprint density at radius 1 is 1.64 bits per heavy atom. The second-order valence-electron chi connectivity index (χ2n) is 3.31. The molecule has 0 aliphatic heterocycles. The Morgan fingerprint density at radius 2 is 2.43 bits per heavy atom. The molecule has 4 nitrogen and oxygen atoms in total. The fourth-order valence-corrected chi connectivity index (χ4v) is 1.77. The van der Waals surface area contributed by atoms with Crippen LogP contribution in [0.4, 0.5) is 0 Å². The van der Waals surface area contributed by atoms with Crippen molar-refractivity contribution in [3.8, 4) is 0 Å². The van der Waals surface area contributed by atoms with Crippen molar-refractivity contribution in [1.82, 2.24) is 15.3 Å². The van der Waals surface area contributed by atoms with Crippen molar-refractivity contribution in [2.24, 2.45) is 0 Å². The number of aromatic nitrogens is 2. The van der Waals surface area contributed by atoms with Crippen molar-refractivity contribution >= 4 is 11.8 Å². The van der Waals surface area contributed by atoms with Crippen LogP contribution in [0.25, 0.3) is 0 Å². The van der Waals surface area contributed by atoms with Crippen LogP contribution in [0.1, 0.15) is 6.92 Å². The average molecular weight is 213 g/mol. The Hall–Kier alpha value is -0.650. The Balaban J connectivity index is 2.48. The van der Waals surface area contributed by atoms with Crippen LogP contribution in [0.3, 0.4) is 0 Å². The summed E-state index contributed by atoms with van der Waals surface area (Å²) in [4.78, 5) is 7.93. The summed E-state index contributed by atoms with van der Waals surface area (Å²) in [5.41, 5.74) is -0.254. The zero-order chi connectivity index (χ0) is 10.4. The highest BCUT2D eigenvalue weighted by molar-refractivity contribution is 7.99. The SMILES string of the molecule is CNC(C)(CO)CSc1ccncn1. The van der Waals surface area contributed by atoms with Gasteiger partial charge in [0, 0.05) is 17.5 Å². The molecule has 14 heavy (non-hydrogen) atoms. The Morgan fingerprint density at radius 3 is 2.93 bits per heavy atom. The summed E-state index contributed by atoms with van der Waals surface area (Å²) in [6, 6.07) is 1.86. The van der Waals surface area contributed by atoms with Crippen LogP contribution >= 0.6 is 11.8 Å². The normalized spacial score (nSPS) is 15.1. The topological polar surface area (TPSA) is 58.0 Å². The van der Waals surface area contributed by atoms with Gasteiger partial charge in [-0.15, -0.1) is 11.8 Å². The van der Waals surface area contributed by atoms with Crippen LogP contribution in [0, 0.1) is 0 Å². The third-order valence-corrected chi connectivity index (χ3v) is 3.36. The molecule has 1 aromatic rings. The molecule has 0 aliphatic carbocycles. The molecule has 0 bridgehead atoms. The summed E-state index contributed by atoms with van der Waals surface area (Å²) in [5.74, 6) is 0.775. The van der Waals surface area contributed by atoms with Crippen molar-refractivity contribution < 1.29 is 5.11 Å². The first-order chi connectivity index (χ1) is 6.70. The lowest BCUT2D eigenvalue weighted by atomic mass is 10.1. The maximum absolute atomic E-state index is 9.15. The fourth-order valence-electron chi connectivity index (χ4n) is 0.794. The molecule has 2 N–H and O–H groups in total. The smallest absolute Gasteiger partial charge is 0.116 e. The van der Waals surface area contributed by atoms with Crippen LogP contribution < -0.4 is 5.32 Å². The van der Waals surface area contributed by atoms with Gasteiger partial charge in [0.05, 0.1) is 11.6 Å². The molecular formula is C9H15N3OS. The fraction of sp³-hybridized carbons (Fsp3) is 0.556. The predicted octanol–water partition coefficient (Wildman–Crippen LogP) is 0.539. The summed E-state index contributed by atoms with van der Waals surface area (Å²) in [5, 5.41) is 13.2. The van der Waals surface area contributed by atoms with Crippen LogP contribution in [-0.2, 0) is 0 Å². The van der Waals surface area contributed by atoms with Gasteiger partial charge in [-0.05, 0) is 20.0 Å². The zero-order valence-corrected chi connectivity index (χ0v) is 9.21. The minimum Gasteiger partial charge on any atom is -0.394 e. The first-order valence-corrected chi connectivity index (χ1v) is 5.37. The summed E-state index contributed by atoms with van der Waals surface area (Å²) in [7, 11) is 1.84. The molecule has 1 atom stereocenters. The van der Waals surface area contributed by atoms with Crippen LogP contribution in [0.2, 0.25) is 0 Å². The lowest BCUT2D eigenvalue weighted by Crippen LogP contribution is -2.45. The molecule has 0 aliphatic rings. The van der Waals surface area contributed by atoms with E-state index in [1.54, 1.807) is 18.0 Å². The van der Waals surface area contributed by atoms with Crippen LogP contribution in [0.5, 0.6) is 0 Å². The molecule has 0 aromatic carbocycles. The van der Waals surface area contributed by atoms with E-state index in [0.29, 0.717) is 0 Å². The van der Waals surface area contributed by atoms with E-state index in [1.165, 1.54) is 6.33 Å². The molecule has 0 spiro atoms. The number of rotatable bonds is 5. The molecule has 1 aromatic heterocycles. The Kier molecular flexibility index (Phi) is 4.31. The van der Waals surface area contributed by atoms with Gasteiger partial charge in [-0.1, -0.05) is 0 Å². The lowest BCUT2D eigenvalue weighted by Gasteiger charge is -2.25. The third-order valence-electron chi connectivity index (χ3n) is 2.05. The summed E-state index contributed by atoms with van der Waals surface area (Å²) in [6.07, 6.45) is 3.24. The van der Waals surface area contributed by atoms with Gasteiger partial charge in [0.15, 0.2) is 0 Å². The van der Waals surface area contributed by atoms with Gasteiger partial charge in [-0.3, -0.25) is 0 Å². The van der Waals surface area contributed by atoms with E-state index in [2.05, 4.69) is 15.3 Å². The van der Waals surface area contributed by atoms with Gasteiger partial charge >= 0.3 is 0 Å². The highest BCUT2D eigenvalue weighted by Crippen LogP contribution is 2.19. The largest absolute Gasteiger partial charge is 0.394 e. The van der Waals surface area contributed by atoms with E-state index in [-0.39, 0.29) is 12.1 Å². The number of hydrogen-bond donors (Lipinski definition) is 2. The van der Waals surface area contributed by atoms with Gasteiger partial charge in [-0.25, -0.2) is 9.97 Å². The zero-order valence-electron chi connectivity index (χ0n) is 8.40. The number of likely N-dealkylation sites (N-methyl/N-ethyl adjacent to an activating group) is 1. The van der Waals surface area contributed by atoms with E-state index >= 15 is 0 Å². The first kappa shape index (κ1) is 11.4. The third kappa shape index (κ3) is 3.25. The number of thioether (sulfide) groups is 1. The van der Waals surface area contributed by atoms with Crippen LogP contribution in [0.15, 0.2) is 23.6 Å². The monoisotopic (exact) mass is 213 g/mol. The number of nitrogens with one attached hydrogen (secondary N) is 1. The van der Waals surface area contributed by atoms with Gasteiger partial charge in [0.1, 0.15) is 6.33 Å². The quantitative estimate of drug-likeness (QED) is 0.552. The number of aliphatic hydroxyl groups excluding tert-OH is 1. The molecule has 78 valence electrons. The number of hydrogen-bond acceptors (Lipinski definition) is 5. The molecule has 0 fully saturated rings. The predicted molar refractivity (Wildman–Crippen MR) is 57.3 cm³/mol. The standard InChI is InChI=1S/C9H15N3OS/c1-9(5-13,10-2)6-14-8-3-4-11-7-12-8/h3-4,7,10,13H,5-6H2,1-2H3. The van der Waals surface area contributed by atoms with Crippen molar-refractivity contribution in [1.29, 1.82) is 0 Å². The molecule has 0 saturated heterocycles. The number of nitrogens with zero attached hydrogens (tertiary/aromatic N) is 2. The second kappa shape index (κ2) is 5.29. The average Bonchev–Trinajstić information content (AvgIpc) is 2.27. The summed E-state index contributed by atoms with van der Waals surface area (Å²) in [6.45, 7) is 2.09. The summed E-state index contributed by atoms with van der Waals surface area (Å²) >= 11 is 1.60. The maximum Gasteiger partial charge on any atom is 0.116 e. The molecule has 1 heterocycles. The maximum atomic E-state index is 9.15. The molecule has 5 heteroatoms. The van der Waals surface area contributed by atoms with Gasteiger partial charge in [0.2, 0.25) is 0 Å². The van der Waals surface area contributed by atoms with Crippen molar-refractivity contribution in [3.05, 3.63) is 18.6 Å². The minimum absolute atomic E-state index is 0.113. The van der Waals surface area contributed by atoms with Gasteiger partial charge in [0.25, 0.3) is 0 Å². The number of aliphatic hydroxyl groups is 1. The Labute approximate surface area is 88.2 Å². The highest BCUT2D eigenvalue weighted by Gasteiger charge is 2.20. The molecule has 0 radical (unpaired) electrons. The van der Waals surface area contributed by atoms with Crippen LogP contribution in [-0.4, -0.2) is 40.0 Å². The Bertz CT molecular complexity index is 264. The molecule has 1 rings (SSSR count). The van der Waals surface area contributed by atoms with Crippen molar-refractivity contribution in [2.75, 3.05) is 19.4 Å². The van der Waals surface area contributed by atoms with Crippen molar-refractivity contribution in [3.63, 3.8) is 0 Å². The molecule has 0 amide bonds.